The molecule has 1 aliphatic heterocycles. The van der Waals surface area contributed by atoms with Crippen LogP contribution in [0.4, 0.5) is 5.69 Å². The van der Waals surface area contributed by atoms with Crippen LogP contribution in [0.5, 0.6) is 0 Å². The third kappa shape index (κ3) is 4.06. The van der Waals surface area contributed by atoms with Crippen molar-refractivity contribution in [3.05, 3.63) is 77.9 Å². The fourth-order valence-corrected chi connectivity index (χ4v) is 3.20. The fraction of sp³-hybridized carbons (Fsp3) is 0.300. The predicted octanol–water partition coefficient (Wildman–Crippen LogP) is 2.98. The van der Waals surface area contributed by atoms with Gasteiger partial charge in [0.25, 0.3) is 0 Å². The maximum Gasteiger partial charge on any atom is 0.240 e. The van der Waals surface area contributed by atoms with Crippen molar-refractivity contribution in [1.82, 2.24) is 15.0 Å². The van der Waals surface area contributed by atoms with E-state index in [9.17, 15) is 0 Å². The van der Waals surface area contributed by atoms with Crippen molar-refractivity contribution in [1.29, 1.82) is 0 Å². The van der Waals surface area contributed by atoms with Gasteiger partial charge in [0, 0.05) is 38.3 Å². The molecule has 1 aromatic heterocycles. The number of hydrogen-bond donors (Lipinski definition) is 0. The van der Waals surface area contributed by atoms with Gasteiger partial charge in [-0.05, 0) is 17.7 Å². The molecule has 1 fully saturated rings. The summed E-state index contributed by atoms with van der Waals surface area (Å²) in [5.41, 5.74) is 2.50. The van der Waals surface area contributed by atoms with Crippen LogP contribution in [0.2, 0.25) is 0 Å². The van der Waals surface area contributed by atoms with Crippen LogP contribution in [0.25, 0.3) is 0 Å². The second-order valence-corrected chi connectivity index (χ2v) is 6.37. The molecule has 0 aliphatic carbocycles. The second kappa shape index (κ2) is 7.49. The molecule has 128 valence electrons. The van der Waals surface area contributed by atoms with Crippen LogP contribution in [-0.4, -0.2) is 41.2 Å². The Balaban J connectivity index is 1.30. The zero-order chi connectivity index (χ0) is 16.9. The van der Waals surface area contributed by atoms with Gasteiger partial charge >= 0.3 is 0 Å². The summed E-state index contributed by atoms with van der Waals surface area (Å²) >= 11 is 0. The first kappa shape index (κ1) is 15.8. The van der Waals surface area contributed by atoms with E-state index in [0.29, 0.717) is 12.3 Å². The third-order valence-corrected chi connectivity index (χ3v) is 4.57. The molecule has 0 bridgehead atoms. The van der Waals surface area contributed by atoms with Crippen molar-refractivity contribution in [3.8, 4) is 0 Å². The Morgan fingerprint density at radius 1 is 0.840 bits per heavy atom. The molecule has 5 heteroatoms. The molecule has 4 rings (SSSR count). The van der Waals surface area contributed by atoms with Crippen molar-refractivity contribution in [2.45, 2.75) is 13.0 Å². The summed E-state index contributed by atoms with van der Waals surface area (Å²) in [6, 6.07) is 20.8. The van der Waals surface area contributed by atoms with Crippen LogP contribution in [0.3, 0.4) is 0 Å². The van der Waals surface area contributed by atoms with Crippen molar-refractivity contribution in [2.75, 3.05) is 31.1 Å². The maximum absolute atomic E-state index is 5.43. The Labute approximate surface area is 147 Å². The lowest BCUT2D eigenvalue weighted by Crippen LogP contribution is -2.46. The van der Waals surface area contributed by atoms with E-state index in [4.69, 9.17) is 4.52 Å². The van der Waals surface area contributed by atoms with Gasteiger partial charge in [-0.15, -0.1) is 0 Å². The lowest BCUT2D eigenvalue weighted by Gasteiger charge is -2.35. The predicted molar refractivity (Wildman–Crippen MR) is 97.5 cm³/mol. The Kier molecular flexibility index (Phi) is 4.74. The van der Waals surface area contributed by atoms with E-state index in [2.05, 4.69) is 62.4 Å². The minimum Gasteiger partial charge on any atom is -0.369 e. The Bertz CT molecular complexity index is 780. The largest absolute Gasteiger partial charge is 0.369 e. The number of nitrogens with zero attached hydrogens (tertiary/aromatic N) is 4. The van der Waals surface area contributed by atoms with E-state index in [1.807, 2.05) is 18.2 Å². The minimum atomic E-state index is 0.707. The maximum atomic E-state index is 5.43. The molecule has 0 amide bonds. The zero-order valence-corrected chi connectivity index (χ0v) is 14.2. The smallest absolute Gasteiger partial charge is 0.240 e. The van der Waals surface area contributed by atoms with Gasteiger partial charge < -0.3 is 9.42 Å². The molecule has 0 N–H and O–H groups in total. The van der Waals surface area contributed by atoms with Crippen molar-refractivity contribution in [2.24, 2.45) is 0 Å². The number of piperazine rings is 1. The summed E-state index contributed by atoms with van der Waals surface area (Å²) in [6.07, 6.45) is 0.714. The molecule has 0 atom stereocenters. The van der Waals surface area contributed by atoms with Gasteiger partial charge in [0.15, 0.2) is 5.82 Å². The Morgan fingerprint density at radius 2 is 1.52 bits per heavy atom. The summed E-state index contributed by atoms with van der Waals surface area (Å²) in [7, 11) is 0. The van der Waals surface area contributed by atoms with E-state index in [0.717, 1.165) is 38.5 Å². The van der Waals surface area contributed by atoms with Crippen LogP contribution in [0, 0.1) is 0 Å². The molecule has 25 heavy (non-hydrogen) atoms. The van der Waals surface area contributed by atoms with E-state index in [1.54, 1.807) is 0 Å². The number of benzene rings is 2. The lowest BCUT2D eigenvalue weighted by molar-refractivity contribution is 0.215. The zero-order valence-electron chi connectivity index (χ0n) is 14.2. The van der Waals surface area contributed by atoms with Crippen molar-refractivity contribution >= 4 is 5.69 Å². The molecule has 0 unspecified atom stereocenters. The van der Waals surface area contributed by atoms with Gasteiger partial charge in [-0.2, -0.15) is 4.98 Å². The fourth-order valence-electron chi connectivity index (χ4n) is 3.20. The molecule has 1 aliphatic rings. The summed E-state index contributed by atoms with van der Waals surface area (Å²) in [4.78, 5) is 9.34. The molecule has 0 spiro atoms. The molecule has 0 saturated carbocycles. The monoisotopic (exact) mass is 334 g/mol. The van der Waals surface area contributed by atoms with Gasteiger partial charge in [-0.25, -0.2) is 0 Å². The van der Waals surface area contributed by atoms with E-state index >= 15 is 0 Å². The molecule has 1 saturated heterocycles. The number of para-hydroxylation sites is 1. The average molecular weight is 334 g/mol. The minimum absolute atomic E-state index is 0.707. The first-order valence-corrected chi connectivity index (χ1v) is 8.74. The van der Waals surface area contributed by atoms with Crippen LogP contribution in [0.1, 0.15) is 17.3 Å². The SMILES string of the molecule is c1ccc(Cc2noc(CN3CCN(c4ccccc4)CC3)n2)cc1. The van der Waals surface area contributed by atoms with Gasteiger partial charge in [0.2, 0.25) is 5.89 Å². The number of anilines is 1. The first-order chi connectivity index (χ1) is 12.4. The Morgan fingerprint density at radius 3 is 2.24 bits per heavy atom. The van der Waals surface area contributed by atoms with Crippen molar-refractivity contribution in [3.63, 3.8) is 0 Å². The number of aromatic nitrogens is 2. The highest BCUT2D eigenvalue weighted by molar-refractivity contribution is 5.46. The summed E-state index contributed by atoms with van der Waals surface area (Å²) in [6.45, 7) is 4.78. The molecule has 5 nitrogen and oxygen atoms in total. The van der Waals surface area contributed by atoms with Crippen LogP contribution >= 0.6 is 0 Å². The van der Waals surface area contributed by atoms with Gasteiger partial charge in [0.1, 0.15) is 0 Å². The molecular formula is C20H22N4O. The summed E-state index contributed by atoms with van der Waals surface area (Å²) in [5.74, 6) is 1.46. The molecule has 0 radical (unpaired) electrons. The van der Waals surface area contributed by atoms with Gasteiger partial charge in [-0.1, -0.05) is 53.7 Å². The topological polar surface area (TPSA) is 45.4 Å². The molecular weight excluding hydrogens is 312 g/mol. The quantitative estimate of drug-likeness (QED) is 0.718. The van der Waals surface area contributed by atoms with Gasteiger partial charge in [-0.3, -0.25) is 4.90 Å². The number of hydrogen-bond acceptors (Lipinski definition) is 5. The van der Waals surface area contributed by atoms with Crippen molar-refractivity contribution < 1.29 is 4.52 Å². The second-order valence-electron chi connectivity index (χ2n) is 6.37. The van der Waals surface area contributed by atoms with E-state index in [1.165, 1.54) is 11.3 Å². The lowest BCUT2D eigenvalue weighted by atomic mass is 10.1. The third-order valence-electron chi connectivity index (χ3n) is 4.57. The summed E-state index contributed by atoms with van der Waals surface area (Å²) < 4.78 is 5.43. The van der Waals surface area contributed by atoms with Crippen LogP contribution in [0.15, 0.2) is 65.2 Å². The highest BCUT2D eigenvalue weighted by Crippen LogP contribution is 2.16. The highest BCUT2D eigenvalue weighted by Gasteiger charge is 2.19. The van der Waals surface area contributed by atoms with E-state index < -0.39 is 0 Å². The number of rotatable bonds is 5. The first-order valence-electron chi connectivity index (χ1n) is 8.74. The van der Waals surface area contributed by atoms with Gasteiger partial charge in [0.05, 0.1) is 6.54 Å². The Hall–Kier alpha value is -2.66. The molecule has 3 aromatic rings. The summed E-state index contributed by atoms with van der Waals surface area (Å²) in [5, 5.41) is 4.12. The van der Waals surface area contributed by atoms with Crippen LogP contribution in [-0.2, 0) is 13.0 Å². The standard InChI is InChI=1S/C20H22N4O/c1-3-7-17(8-4-1)15-19-21-20(25-22-19)16-23-11-13-24(14-12-23)18-9-5-2-6-10-18/h1-10H,11-16H2. The van der Waals surface area contributed by atoms with Crippen LogP contribution < -0.4 is 4.90 Å². The van der Waals surface area contributed by atoms with E-state index in [-0.39, 0.29) is 0 Å². The average Bonchev–Trinajstić information content (AvgIpc) is 3.11. The molecule has 2 aromatic carbocycles. The molecule has 2 heterocycles. The highest BCUT2D eigenvalue weighted by atomic mass is 16.5. The normalized spacial score (nSPS) is 15.4.